The molecule has 0 aliphatic heterocycles. The van der Waals surface area contributed by atoms with Gasteiger partial charge >= 0.3 is 0 Å². The van der Waals surface area contributed by atoms with Crippen LogP contribution in [-0.2, 0) is 6.42 Å². The predicted molar refractivity (Wildman–Crippen MR) is 219 cm³/mol. The fourth-order valence-electron chi connectivity index (χ4n) is 4.74. The molecule has 0 saturated heterocycles. The van der Waals surface area contributed by atoms with Crippen LogP contribution >= 0.6 is 159 Å². The number of hydrogen-bond acceptors (Lipinski definition) is 2. The lowest BCUT2D eigenvalue weighted by molar-refractivity contribution is 0.309. The molecule has 12 heteroatoms. The van der Waals surface area contributed by atoms with E-state index in [0.717, 1.165) is 103 Å². The average Bonchev–Trinajstić information content (AvgIpc) is 2.96. The topological polar surface area (TPSA) is 18.5 Å². The minimum atomic E-state index is 0.446. The van der Waals surface area contributed by atoms with Gasteiger partial charge in [0.1, 0.15) is 11.5 Å². The van der Waals surface area contributed by atoms with Crippen molar-refractivity contribution in [2.75, 3.05) is 23.9 Å². The van der Waals surface area contributed by atoms with E-state index in [2.05, 4.69) is 196 Å². The summed E-state index contributed by atoms with van der Waals surface area (Å²) in [5.74, 6) is 1.70. The molecule has 0 N–H and O–H groups in total. The highest BCUT2D eigenvalue weighted by Gasteiger charge is 2.18. The molecule has 0 bridgehead atoms. The molecule has 43 heavy (non-hydrogen) atoms. The van der Waals surface area contributed by atoms with Gasteiger partial charge in [0, 0.05) is 49.0 Å². The molecule has 232 valence electrons. The Morgan fingerprint density at radius 3 is 1.30 bits per heavy atom. The molecule has 4 rings (SSSR count). The summed E-state index contributed by atoms with van der Waals surface area (Å²) in [4.78, 5) is 0.891. The fourth-order valence-corrected chi connectivity index (χ4v) is 9.15. The number of alkyl halides is 4. The molecule has 0 radical (unpaired) electrons. The Kier molecular flexibility index (Phi) is 15.7. The summed E-state index contributed by atoms with van der Waals surface area (Å²) in [7, 11) is 0. The first-order chi connectivity index (χ1) is 20.5. The Morgan fingerprint density at radius 2 is 0.930 bits per heavy atom. The van der Waals surface area contributed by atoms with Gasteiger partial charge < -0.3 is 9.47 Å². The van der Waals surface area contributed by atoms with Crippen molar-refractivity contribution in [1.29, 1.82) is 0 Å². The van der Waals surface area contributed by atoms with Crippen molar-refractivity contribution in [3.05, 3.63) is 74.4 Å². The molecule has 0 amide bonds. The Morgan fingerprint density at radius 1 is 0.535 bits per heavy atom. The van der Waals surface area contributed by atoms with Gasteiger partial charge in [-0.05, 0) is 142 Å². The first-order valence-electron chi connectivity index (χ1n) is 13.4. The van der Waals surface area contributed by atoms with E-state index in [4.69, 9.17) is 9.47 Å². The molecule has 0 spiro atoms. The van der Waals surface area contributed by atoms with Crippen molar-refractivity contribution in [2.45, 2.75) is 41.8 Å². The monoisotopic (exact) mass is 1220 g/mol. The zero-order valence-corrected chi connectivity index (χ0v) is 38.4. The summed E-state index contributed by atoms with van der Waals surface area (Å²) in [5.41, 5.74) is 2.41. The molecule has 0 aliphatic carbocycles. The van der Waals surface area contributed by atoms with Gasteiger partial charge in [0.2, 0.25) is 0 Å². The summed E-state index contributed by atoms with van der Waals surface area (Å²) in [6, 6.07) is 13.2. The van der Waals surface area contributed by atoms with E-state index < -0.39 is 0 Å². The Hall–Kier alpha value is 1.80. The summed E-state index contributed by atoms with van der Waals surface area (Å²) < 4.78 is 18.5. The van der Waals surface area contributed by atoms with Crippen LogP contribution in [0.15, 0.2) is 63.2 Å². The quantitative estimate of drug-likeness (QED) is 0.0925. The maximum atomic E-state index is 6.34. The third-order valence-electron chi connectivity index (χ3n) is 6.76. The third kappa shape index (κ3) is 9.93. The van der Waals surface area contributed by atoms with E-state index in [-0.39, 0.29) is 0 Å². The number of ether oxygens (including phenoxy) is 2. The third-order valence-corrected chi connectivity index (χ3v) is 16.8. The van der Waals surface area contributed by atoms with Crippen LogP contribution in [0, 0.1) is 0 Å². The molecule has 2 nitrogen and oxygen atoms in total. The molecule has 0 aromatic heterocycles. The first-order valence-corrected chi connectivity index (χ1v) is 22.2. The van der Waals surface area contributed by atoms with Gasteiger partial charge in [-0.15, -0.1) is 0 Å². The van der Waals surface area contributed by atoms with E-state index in [1.165, 1.54) is 11.1 Å². The Bertz CT molecular complexity index is 1480. The zero-order chi connectivity index (χ0) is 31.3. The molecule has 4 aromatic carbocycles. The maximum Gasteiger partial charge on any atom is 0.143 e. The molecule has 2 unspecified atom stereocenters. The molecule has 0 saturated carbocycles. The summed E-state index contributed by atoms with van der Waals surface area (Å²) >= 11 is 37.1. The lowest BCUT2D eigenvalue weighted by Gasteiger charge is -2.17. The molecule has 0 fully saturated rings. The normalized spacial score (nSPS) is 13.1. The van der Waals surface area contributed by atoms with Gasteiger partial charge in [-0.1, -0.05) is 108 Å². The number of hydrogen-bond donors (Lipinski definition) is 0. The fraction of sp³-hybridized carbons (Fsp3) is 0.355. The van der Waals surface area contributed by atoms with Crippen molar-refractivity contribution in [3.63, 3.8) is 0 Å². The van der Waals surface area contributed by atoms with Gasteiger partial charge in [0.25, 0.3) is 0 Å². The van der Waals surface area contributed by atoms with Crippen molar-refractivity contribution in [1.82, 2.24) is 0 Å². The van der Waals surface area contributed by atoms with Crippen LogP contribution in [0.25, 0.3) is 21.5 Å². The highest BCUT2D eigenvalue weighted by Crippen LogP contribution is 2.45. The summed E-state index contributed by atoms with van der Waals surface area (Å²) in [5, 5.41) is 6.21. The second-order valence-corrected chi connectivity index (χ2v) is 18.9. The van der Waals surface area contributed by atoms with E-state index in [9.17, 15) is 0 Å². The highest BCUT2D eigenvalue weighted by molar-refractivity contribution is 9.14. The molecular weight excluding hydrogens is 1200 g/mol. The first kappa shape index (κ1) is 37.6. The van der Waals surface area contributed by atoms with Crippen LogP contribution in [0.4, 0.5) is 0 Å². The largest absolute Gasteiger partial charge is 0.492 e. The van der Waals surface area contributed by atoms with E-state index in [1.807, 2.05) is 0 Å². The lowest BCUT2D eigenvalue weighted by atomic mass is 9.98. The Labute approximate surface area is 337 Å². The van der Waals surface area contributed by atoms with Gasteiger partial charge in [-0.3, -0.25) is 0 Å². The van der Waals surface area contributed by atoms with Gasteiger partial charge in [-0.25, -0.2) is 0 Å². The second-order valence-electron chi connectivity index (χ2n) is 10.0. The van der Waals surface area contributed by atoms with Crippen LogP contribution in [0.3, 0.4) is 0 Å². The van der Waals surface area contributed by atoms with Crippen molar-refractivity contribution < 1.29 is 9.47 Å². The van der Waals surface area contributed by atoms with Crippen LogP contribution in [-0.4, -0.2) is 33.5 Å². The van der Waals surface area contributed by atoms with Crippen molar-refractivity contribution in [2.24, 2.45) is 0 Å². The highest BCUT2D eigenvalue weighted by atomic mass is 79.9. The van der Waals surface area contributed by atoms with Crippen LogP contribution in [0.5, 0.6) is 11.5 Å². The minimum absolute atomic E-state index is 0.446. The zero-order valence-electron chi connectivity index (χ0n) is 22.6. The number of benzene rings is 4. The standard InChI is InChI=1S/C31H26Br10O2/c32-14-20(34)3-1-5-42-30-26-18(12-24(38)28(30)40)8-16(10-22(26)36)7-17-9-19-13-25(39)29(41)31(27(19)23(37)11-17)43-6-2-4-21(35)15-33/h8-13,20-21H,1-7,14-15H2. The van der Waals surface area contributed by atoms with E-state index in [1.54, 1.807) is 0 Å². The lowest BCUT2D eigenvalue weighted by Crippen LogP contribution is -2.05. The Balaban J connectivity index is 1.62. The number of halogens is 10. The van der Waals surface area contributed by atoms with Crippen molar-refractivity contribution >= 4 is 181 Å². The van der Waals surface area contributed by atoms with Gasteiger partial charge in [0.15, 0.2) is 0 Å². The molecule has 0 aliphatic rings. The molecular formula is C31H26Br10O2. The molecule has 4 aromatic rings. The van der Waals surface area contributed by atoms with Gasteiger partial charge in [-0.2, -0.15) is 0 Å². The van der Waals surface area contributed by atoms with Crippen LogP contribution < -0.4 is 9.47 Å². The predicted octanol–water partition coefficient (Wildman–Crippen LogP) is 14.8. The van der Waals surface area contributed by atoms with Gasteiger partial charge in [0.05, 0.1) is 22.2 Å². The van der Waals surface area contributed by atoms with Crippen LogP contribution in [0.1, 0.15) is 36.8 Å². The second kappa shape index (κ2) is 18.0. The smallest absolute Gasteiger partial charge is 0.143 e. The molecule has 2 atom stereocenters. The molecule has 0 heterocycles. The average molecular weight is 1230 g/mol. The van der Waals surface area contributed by atoms with E-state index >= 15 is 0 Å². The summed E-state index contributed by atoms with van der Waals surface area (Å²) in [6.07, 6.45) is 4.77. The van der Waals surface area contributed by atoms with Crippen molar-refractivity contribution in [3.8, 4) is 11.5 Å². The maximum absolute atomic E-state index is 6.34. The van der Waals surface area contributed by atoms with Crippen LogP contribution in [0.2, 0.25) is 0 Å². The number of rotatable bonds is 14. The SMILES string of the molecule is BrCC(Br)CCCOc1c(Br)c(Br)cc2cc(Cc3cc(Br)c4c(OCCCC(Br)CBr)c(Br)c(Br)cc4c3)cc(Br)c12. The number of fused-ring (bicyclic) bond motifs is 2. The van der Waals surface area contributed by atoms with E-state index in [0.29, 0.717) is 22.9 Å². The summed E-state index contributed by atoms with van der Waals surface area (Å²) in [6.45, 7) is 1.29. The minimum Gasteiger partial charge on any atom is -0.492 e.